The molecule has 0 aromatic heterocycles. The van der Waals surface area contributed by atoms with Crippen molar-refractivity contribution in [3.05, 3.63) is 11.6 Å². The van der Waals surface area contributed by atoms with E-state index in [0.29, 0.717) is 32.1 Å². The number of ether oxygens (including phenoxy) is 1. The lowest BCUT2D eigenvalue weighted by Crippen LogP contribution is -2.64. The Morgan fingerprint density at radius 3 is 2.08 bits per heavy atom. The Labute approximate surface area is 140 Å². The van der Waals surface area contributed by atoms with Gasteiger partial charge in [-0.3, -0.25) is 9.59 Å². The Hall–Kier alpha value is -1.85. The summed E-state index contributed by atoms with van der Waals surface area (Å²) in [5, 5.41) is 19.2. The highest BCUT2D eigenvalue weighted by Gasteiger charge is 2.71. The number of carboxylic acids is 2. The van der Waals surface area contributed by atoms with E-state index in [1.165, 1.54) is 14.0 Å². The summed E-state index contributed by atoms with van der Waals surface area (Å²) >= 11 is 0. The van der Waals surface area contributed by atoms with Crippen LogP contribution in [-0.4, -0.2) is 35.2 Å². The zero-order valence-electron chi connectivity index (χ0n) is 14.3. The highest BCUT2D eigenvalue weighted by Crippen LogP contribution is 2.74. The number of rotatable bonds is 4. The van der Waals surface area contributed by atoms with Gasteiger partial charge in [-0.15, -0.1) is 0 Å². The van der Waals surface area contributed by atoms with Crippen molar-refractivity contribution in [3.8, 4) is 0 Å². The summed E-state index contributed by atoms with van der Waals surface area (Å²) in [5.41, 5.74) is -2.46. The smallest absolute Gasteiger partial charge is 0.330 e. The maximum Gasteiger partial charge on any atom is 0.330 e. The molecule has 4 aliphatic carbocycles. The predicted octanol–water partition coefficient (Wildman–Crippen LogP) is 2.62. The van der Waals surface area contributed by atoms with E-state index in [4.69, 9.17) is 4.74 Å². The second kappa shape index (κ2) is 4.83. The van der Waals surface area contributed by atoms with E-state index in [2.05, 4.69) is 0 Å². The molecule has 0 aromatic rings. The summed E-state index contributed by atoms with van der Waals surface area (Å²) in [6.07, 6.45) is 4.74. The van der Waals surface area contributed by atoms with E-state index >= 15 is 0 Å². The molecule has 0 saturated heterocycles. The molecule has 24 heavy (non-hydrogen) atoms. The molecule has 4 aliphatic rings. The predicted molar refractivity (Wildman–Crippen MR) is 84.2 cm³/mol. The molecule has 0 spiro atoms. The first-order chi connectivity index (χ1) is 11.0. The van der Waals surface area contributed by atoms with Gasteiger partial charge in [-0.1, -0.05) is 13.0 Å². The fourth-order valence-electron chi connectivity index (χ4n) is 6.56. The zero-order chi connectivity index (χ0) is 18.0. The van der Waals surface area contributed by atoms with Crippen LogP contribution in [0, 0.1) is 21.7 Å². The average molecular weight is 336 g/mol. The first kappa shape index (κ1) is 17.0. The number of aliphatic carboxylic acids is 2. The minimum Gasteiger partial charge on any atom is -0.481 e. The number of allylic oxidation sites excluding steroid dienone is 1. The van der Waals surface area contributed by atoms with Crippen molar-refractivity contribution in [2.24, 2.45) is 21.7 Å². The molecule has 4 bridgehead atoms. The van der Waals surface area contributed by atoms with E-state index < -0.39 is 28.2 Å². The fraction of sp³-hybridized carbons (Fsp3) is 0.722. The summed E-state index contributed by atoms with van der Waals surface area (Å²) < 4.78 is 5.03. The van der Waals surface area contributed by atoms with Gasteiger partial charge in [-0.05, 0) is 56.3 Å². The summed E-state index contributed by atoms with van der Waals surface area (Å²) in [6, 6.07) is 0. The van der Waals surface area contributed by atoms with Gasteiger partial charge in [-0.25, -0.2) is 4.79 Å². The van der Waals surface area contributed by atoms with E-state index in [1.807, 2.05) is 6.92 Å². The Bertz CT molecular complexity index is 666. The summed E-state index contributed by atoms with van der Waals surface area (Å²) in [7, 11) is 1.34. The van der Waals surface area contributed by atoms with Crippen molar-refractivity contribution in [2.45, 2.75) is 52.4 Å². The van der Waals surface area contributed by atoms with Crippen molar-refractivity contribution >= 4 is 17.9 Å². The lowest BCUT2D eigenvalue weighted by Gasteiger charge is -2.67. The molecule has 2 N–H and O–H groups in total. The third-order valence-electron chi connectivity index (χ3n) is 6.30. The van der Waals surface area contributed by atoms with Gasteiger partial charge >= 0.3 is 17.9 Å². The van der Waals surface area contributed by atoms with Crippen LogP contribution in [0.5, 0.6) is 0 Å². The van der Waals surface area contributed by atoms with Crippen LogP contribution in [0.15, 0.2) is 11.6 Å². The molecule has 4 fully saturated rings. The molecule has 0 amide bonds. The SMILES string of the molecule is COC(=O)C12CC3(C)CC(C=C(C)C(=O)O)(CC(C(=O)O)(C3)C1)C2. The molecule has 0 aliphatic heterocycles. The topological polar surface area (TPSA) is 101 Å². The van der Waals surface area contributed by atoms with Crippen molar-refractivity contribution in [3.63, 3.8) is 0 Å². The quantitative estimate of drug-likeness (QED) is 0.604. The molecule has 6 heteroatoms. The normalized spacial score (nSPS) is 43.5. The minimum absolute atomic E-state index is 0.209. The van der Waals surface area contributed by atoms with Crippen molar-refractivity contribution in [2.75, 3.05) is 7.11 Å². The van der Waals surface area contributed by atoms with Gasteiger partial charge in [0, 0.05) is 5.57 Å². The Morgan fingerprint density at radius 1 is 0.958 bits per heavy atom. The van der Waals surface area contributed by atoms with E-state index in [0.717, 1.165) is 6.42 Å². The summed E-state index contributed by atoms with van der Waals surface area (Å²) in [4.78, 5) is 36.0. The maximum atomic E-state index is 12.6. The number of methoxy groups -OCH3 is 1. The number of hydrogen-bond acceptors (Lipinski definition) is 4. The lowest BCUT2D eigenvalue weighted by atomic mass is 9.35. The molecular formula is C18H24O6. The van der Waals surface area contributed by atoms with Crippen LogP contribution in [-0.2, 0) is 19.1 Å². The van der Waals surface area contributed by atoms with Gasteiger partial charge in [-0.2, -0.15) is 0 Å². The van der Waals surface area contributed by atoms with Gasteiger partial charge < -0.3 is 14.9 Å². The second-order valence-corrected chi connectivity index (χ2v) is 8.72. The number of esters is 1. The highest BCUT2D eigenvalue weighted by molar-refractivity contribution is 5.86. The molecule has 4 saturated carbocycles. The van der Waals surface area contributed by atoms with E-state index in [-0.39, 0.29) is 17.0 Å². The average Bonchev–Trinajstić information content (AvgIpc) is 2.42. The van der Waals surface area contributed by atoms with Crippen LogP contribution in [0.4, 0.5) is 0 Å². The van der Waals surface area contributed by atoms with Crippen LogP contribution in [0.2, 0.25) is 0 Å². The number of carboxylic acid groups (broad SMARTS) is 2. The molecule has 4 atom stereocenters. The van der Waals surface area contributed by atoms with Gasteiger partial charge in [0.15, 0.2) is 0 Å². The highest BCUT2D eigenvalue weighted by atomic mass is 16.5. The Morgan fingerprint density at radius 2 is 1.54 bits per heavy atom. The van der Waals surface area contributed by atoms with E-state index in [1.54, 1.807) is 6.08 Å². The molecule has 6 nitrogen and oxygen atoms in total. The number of carbonyl (C=O) groups excluding carboxylic acids is 1. The second-order valence-electron chi connectivity index (χ2n) is 8.72. The molecular weight excluding hydrogens is 312 g/mol. The lowest BCUT2D eigenvalue weighted by molar-refractivity contribution is -0.212. The van der Waals surface area contributed by atoms with Gasteiger partial charge in [0.1, 0.15) is 0 Å². The third-order valence-corrected chi connectivity index (χ3v) is 6.30. The van der Waals surface area contributed by atoms with Gasteiger partial charge in [0.25, 0.3) is 0 Å². The Kier molecular flexibility index (Phi) is 3.42. The first-order valence-electron chi connectivity index (χ1n) is 8.24. The molecule has 132 valence electrons. The van der Waals surface area contributed by atoms with Crippen LogP contribution in [0.25, 0.3) is 0 Å². The monoisotopic (exact) mass is 336 g/mol. The van der Waals surface area contributed by atoms with Crippen molar-refractivity contribution in [1.82, 2.24) is 0 Å². The van der Waals surface area contributed by atoms with Gasteiger partial charge in [0.2, 0.25) is 0 Å². The van der Waals surface area contributed by atoms with E-state index in [9.17, 15) is 24.6 Å². The molecule has 4 rings (SSSR count). The summed E-state index contributed by atoms with van der Waals surface area (Å²) in [5.74, 6) is -2.25. The maximum absolute atomic E-state index is 12.6. The van der Waals surface area contributed by atoms with Crippen LogP contribution < -0.4 is 0 Å². The molecule has 0 aromatic carbocycles. The fourth-order valence-corrected chi connectivity index (χ4v) is 6.56. The summed E-state index contributed by atoms with van der Waals surface area (Å²) in [6.45, 7) is 3.56. The van der Waals surface area contributed by atoms with Crippen molar-refractivity contribution < 1.29 is 29.3 Å². The Balaban J connectivity index is 2.16. The largest absolute Gasteiger partial charge is 0.481 e. The van der Waals surface area contributed by atoms with Crippen LogP contribution in [0.1, 0.15) is 52.4 Å². The minimum atomic E-state index is -1.01. The standard InChI is InChI=1S/C18H24O6/c1-11(12(19)20)4-16-5-15(2)6-17(8-16,13(21)22)10-18(7-15,9-16)14(23)24-3/h4H,5-10H2,1-3H3,(H,19,20)(H,21,22). The molecule has 0 radical (unpaired) electrons. The third kappa shape index (κ3) is 2.26. The number of hydrogen-bond donors (Lipinski definition) is 2. The number of carbonyl (C=O) groups is 3. The van der Waals surface area contributed by atoms with Gasteiger partial charge in [0.05, 0.1) is 17.9 Å². The van der Waals surface area contributed by atoms with Crippen LogP contribution >= 0.6 is 0 Å². The molecule has 4 unspecified atom stereocenters. The zero-order valence-corrected chi connectivity index (χ0v) is 14.3. The van der Waals surface area contributed by atoms with Crippen LogP contribution in [0.3, 0.4) is 0 Å². The van der Waals surface area contributed by atoms with Crippen molar-refractivity contribution in [1.29, 1.82) is 0 Å². The molecule has 0 heterocycles. The first-order valence-corrected chi connectivity index (χ1v) is 8.24.